The third kappa shape index (κ3) is 2.82. The third-order valence-corrected chi connectivity index (χ3v) is 4.45. The van der Waals surface area contributed by atoms with E-state index in [2.05, 4.69) is 0 Å². The van der Waals surface area contributed by atoms with Gasteiger partial charge >= 0.3 is 0 Å². The van der Waals surface area contributed by atoms with Crippen LogP contribution in [0, 0.1) is 0 Å². The van der Waals surface area contributed by atoms with Gasteiger partial charge in [-0.1, -0.05) is 91.0 Å². The van der Waals surface area contributed by atoms with Gasteiger partial charge < -0.3 is 0 Å². The molecule has 0 atom stereocenters. The van der Waals surface area contributed by atoms with Crippen LogP contribution in [0.1, 0.15) is 16.7 Å². The standard InChI is InChI=1S/C24H16O2/c25-21-16-20(17-10-4-1-5-11-17)24(26)23(19-14-8-3-9-15-19)22(21)18-12-6-2-7-13-18/h1-16H. The highest BCUT2D eigenvalue weighted by Gasteiger charge is 2.30. The Morgan fingerprint density at radius 1 is 0.462 bits per heavy atom. The van der Waals surface area contributed by atoms with Crippen molar-refractivity contribution in [2.24, 2.45) is 0 Å². The van der Waals surface area contributed by atoms with Crippen LogP contribution in [0.5, 0.6) is 0 Å². The molecule has 0 unspecified atom stereocenters. The van der Waals surface area contributed by atoms with Gasteiger partial charge in [0.2, 0.25) is 0 Å². The fourth-order valence-corrected chi connectivity index (χ4v) is 3.24. The first kappa shape index (κ1) is 16.0. The zero-order chi connectivity index (χ0) is 17.9. The van der Waals surface area contributed by atoms with E-state index in [0.717, 1.165) is 16.7 Å². The van der Waals surface area contributed by atoms with E-state index in [9.17, 15) is 9.59 Å². The molecule has 26 heavy (non-hydrogen) atoms. The van der Waals surface area contributed by atoms with Gasteiger partial charge in [0.05, 0.1) is 0 Å². The molecule has 0 bridgehead atoms. The summed E-state index contributed by atoms with van der Waals surface area (Å²) in [4.78, 5) is 26.4. The molecule has 4 rings (SSSR count). The first-order chi connectivity index (χ1) is 12.8. The first-order valence-corrected chi connectivity index (χ1v) is 8.47. The lowest BCUT2D eigenvalue weighted by atomic mass is 9.80. The number of Topliss-reactive ketones (excluding diaryl/α,β-unsaturated/α-hetero) is 1. The number of benzene rings is 3. The molecule has 2 heteroatoms. The van der Waals surface area contributed by atoms with Crippen molar-refractivity contribution in [2.75, 3.05) is 0 Å². The number of hydrogen-bond acceptors (Lipinski definition) is 2. The average molecular weight is 336 g/mol. The molecule has 0 amide bonds. The summed E-state index contributed by atoms with van der Waals surface area (Å²) in [5.41, 5.74) is 3.63. The molecule has 0 aromatic heterocycles. The Balaban J connectivity index is 1.95. The van der Waals surface area contributed by atoms with E-state index < -0.39 is 0 Å². The maximum absolute atomic E-state index is 13.4. The van der Waals surface area contributed by atoms with Gasteiger partial charge in [-0.05, 0) is 22.8 Å². The van der Waals surface area contributed by atoms with Crippen molar-refractivity contribution in [1.29, 1.82) is 0 Å². The maximum Gasteiger partial charge on any atom is 0.195 e. The molecule has 0 N–H and O–H groups in total. The number of ketones is 2. The normalized spacial score (nSPS) is 14.4. The Bertz CT molecular complexity index is 1030. The summed E-state index contributed by atoms with van der Waals surface area (Å²) >= 11 is 0. The average Bonchev–Trinajstić information content (AvgIpc) is 2.71. The van der Waals surface area contributed by atoms with Gasteiger partial charge in [0.25, 0.3) is 0 Å². The zero-order valence-corrected chi connectivity index (χ0v) is 14.1. The van der Waals surface area contributed by atoms with E-state index >= 15 is 0 Å². The van der Waals surface area contributed by atoms with Gasteiger partial charge in [-0.15, -0.1) is 0 Å². The number of carbonyl (C=O) groups excluding carboxylic acids is 2. The van der Waals surface area contributed by atoms with E-state index in [1.807, 2.05) is 91.0 Å². The molecule has 0 spiro atoms. The molecule has 0 fully saturated rings. The molecule has 0 saturated heterocycles. The van der Waals surface area contributed by atoms with E-state index in [1.54, 1.807) is 0 Å². The second kappa shape index (κ2) is 6.77. The summed E-state index contributed by atoms with van der Waals surface area (Å²) in [6, 6.07) is 28.1. The molecule has 1 aliphatic carbocycles. The fraction of sp³-hybridized carbons (Fsp3) is 0. The lowest BCUT2D eigenvalue weighted by Gasteiger charge is -2.20. The highest BCUT2D eigenvalue weighted by Crippen LogP contribution is 2.36. The van der Waals surface area contributed by atoms with Crippen LogP contribution < -0.4 is 0 Å². The Kier molecular flexibility index (Phi) is 4.16. The van der Waals surface area contributed by atoms with Gasteiger partial charge in [0, 0.05) is 16.7 Å². The monoisotopic (exact) mass is 336 g/mol. The van der Waals surface area contributed by atoms with E-state index in [0.29, 0.717) is 16.7 Å². The number of rotatable bonds is 3. The third-order valence-electron chi connectivity index (χ3n) is 4.45. The van der Waals surface area contributed by atoms with Gasteiger partial charge in [-0.2, -0.15) is 0 Å². The zero-order valence-electron chi connectivity index (χ0n) is 14.1. The van der Waals surface area contributed by atoms with Gasteiger partial charge in [-0.25, -0.2) is 0 Å². The predicted octanol–water partition coefficient (Wildman–Crippen LogP) is 4.83. The van der Waals surface area contributed by atoms with Gasteiger partial charge in [0.1, 0.15) is 0 Å². The molecule has 0 saturated carbocycles. The molecule has 1 aliphatic rings. The fourth-order valence-electron chi connectivity index (χ4n) is 3.24. The minimum Gasteiger partial charge on any atom is -0.289 e. The van der Waals surface area contributed by atoms with E-state index in [4.69, 9.17) is 0 Å². The number of carbonyl (C=O) groups is 2. The van der Waals surface area contributed by atoms with Crippen molar-refractivity contribution in [1.82, 2.24) is 0 Å². The minimum atomic E-state index is -0.145. The molecule has 124 valence electrons. The summed E-state index contributed by atoms with van der Waals surface area (Å²) < 4.78 is 0. The smallest absolute Gasteiger partial charge is 0.195 e. The minimum absolute atomic E-state index is 0.124. The summed E-state index contributed by atoms with van der Waals surface area (Å²) in [6.07, 6.45) is 1.46. The molecular weight excluding hydrogens is 320 g/mol. The summed E-state index contributed by atoms with van der Waals surface area (Å²) in [5.74, 6) is -0.269. The Hall–Kier alpha value is -3.52. The Morgan fingerprint density at radius 2 is 0.885 bits per heavy atom. The lowest BCUT2D eigenvalue weighted by Crippen LogP contribution is -2.17. The maximum atomic E-state index is 13.4. The lowest BCUT2D eigenvalue weighted by molar-refractivity contribution is -0.112. The molecule has 3 aromatic carbocycles. The predicted molar refractivity (Wildman–Crippen MR) is 104 cm³/mol. The second-order valence-corrected chi connectivity index (χ2v) is 6.10. The van der Waals surface area contributed by atoms with Crippen LogP contribution in [0.25, 0.3) is 16.7 Å². The molecule has 2 nitrogen and oxygen atoms in total. The number of allylic oxidation sites excluding steroid dienone is 4. The summed E-state index contributed by atoms with van der Waals surface area (Å²) in [7, 11) is 0. The first-order valence-electron chi connectivity index (χ1n) is 8.47. The van der Waals surface area contributed by atoms with Crippen LogP contribution in [-0.4, -0.2) is 11.6 Å². The van der Waals surface area contributed by atoms with Gasteiger partial charge in [0.15, 0.2) is 11.6 Å². The molecule has 3 aromatic rings. The highest BCUT2D eigenvalue weighted by atomic mass is 16.1. The van der Waals surface area contributed by atoms with E-state index in [1.165, 1.54) is 6.08 Å². The van der Waals surface area contributed by atoms with Crippen LogP contribution >= 0.6 is 0 Å². The summed E-state index contributed by atoms with van der Waals surface area (Å²) in [6.45, 7) is 0. The Morgan fingerprint density at radius 3 is 1.38 bits per heavy atom. The van der Waals surface area contributed by atoms with Crippen molar-refractivity contribution in [3.05, 3.63) is 114 Å². The summed E-state index contributed by atoms with van der Waals surface area (Å²) in [5, 5.41) is 0. The van der Waals surface area contributed by atoms with Crippen molar-refractivity contribution >= 4 is 28.3 Å². The van der Waals surface area contributed by atoms with Crippen molar-refractivity contribution < 1.29 is 9.59 Å². The van der Waals surface area contributed by atoms with Gasteiger partial charge in [-0.3, -0.25) is 9.59 Å². The highest BCUT2D eigenvalue weighted by molar-refractivity contribution is 6.57. The largest absolute Gasteiger partial charge is 0.289 e. The molecular formula is C24H16O2. The SMILES string of the molecule is O=C1C=C(c2ccccc2)C(=O)C(c2ccccc2)=C1c1ccccc1. The van der Waals surface area contributed by atoms with Crippen LogP contribution in [0.4, 0.5) is 0 Å². The number of hydrogen-bond donors (Lipinski definition) is 0. The molecule has 0 aliphatic heterocycles. The van der Waals surface area contributed by atoms with Crippen LogP contribution in [0.3, 0.4) is 0 Å². The van der Waals surface area contributed by atoms with Crippen LogP contribution in [0.15, 0.2) is 97.1 Å². The van der Waals surface area contributed by atoms with Crippen LogP contribution in [0.2, 0.25) is 0 Å². The van der Waals surface area contributed by atoms with Crippen molar-refractivity contribution in [3.63, 3.8) is 0 Å². The molecule has 0 heterocycles. The van der Waals surface area contributed by atoms with E-state index in [-0.39, 0.29) is 11.6 Å². The Labute approximate surface area is 152 Å². The quantitative estimate of drug-likeness (QED) is 0.642. The second-order valence-electron chi connectivity index (χ2n) is 6.10. The van der Waals surface area contributed by atoms with Crippen LogP contribution in [-0.2, 0) is 9.59 Å². The van der Waals surface area contributed by atoms with Crippen molar-refractivity contribution in [2.45, 2.75) is 0 Å². The van der Waals surface area contributed by atoms with Crippen molar-refractivity contribution in [3.8, 4) is 0 Å². The topological polar surface area (TPSA) is 34.1 Å². The molecule has 0 radical (unpaired) electrons.